The van der Waals surface area contributed by atoms with Crippen molar-refractivity contribution in [3.05, 3.63) is 101 Å². The van der Waals surface area contributed by atoms with Gasteiger partial charge in [-0.15, -0.1) is 0 Å². The minimum atomic E-state index is 0.684. The molecule has 0 aromatic heterocycles. The van der Waals surface area contributed by atoms with Crippen LogP contribution in [0.2, 0.25) is 5.02 Å². The Bertz CT molecular complexity index is 876. The van der Waals surface area contributed by atoms with Gasteiger partial charge in [0.2, 0.25) is 0 Å². The van der Waals surface area contributed by atoms with Crippen LogP contribution < -0.4 is 4.90 Å². The van der Waals surface area contributed by atoms with Crippen LogP contribution >= 0.6 is 11.6 Å². The van der Waals surface area contributed by atoms with Gasteiger partial charge in [0.15, 0.2) is 0 Å². The number of benzene rings is 3. The van der Waals surface area contributed by atoms with Crippen LogP contribution in [0, 0.1) is 0 Å². The number of hydrogen-bond donors (Lipinski definition) is 0. The lowest BCUT2D eigenvalue weighted by molar-refractivity contribution is 0.273. The Balaban J connectivity index is 1.64. The molecule has 4 rings (SSSR count). The molecule has 1 aliphatic rings. The predicted octanol–water partition coefficient (Wildman–Crippen LogP) is 5.02. The zero-order chi connectivity index (χ0) is 17.8. The van der Waals surface area contributed by atoms with Gasteiger partial charge in [-0.1, -0.05) is 72.3 Å². The predicted molar refractivity (Wildman–Crippen MR) is 109 cm³/mol. The SMILES string of the molecule is Clc1ccc(N2CN(Cc3ccccc3)CN=C2c2ccccc2)cc1. The van der Waals surface area contributed by atoms with Crippen LogP contribution in [0.3, 0.4) is 0 Å². The molecule has 0 bridgehead atoms. The molecule has 1 aliphatic heterocycles. The first-order valence-corrected chi connectivity index (χ1v) is 9.07. The summed E-state index contributed by atoms with van der Waals surface area (Å²) in [4.78, 5) is 9.47. The maximum Gasteiger partial charge on any atom is 0.137 e. The second kappa shape index (κ2) is 7.73. The first-order chi connectivity index (χ1) is 12.8. The van der Waals surface area contributed by atoms with Gasteiger partial charge in [0.1, 0.15) is 5.84 Å². The minimum absolute atomic E-state index is 0.684. The molecule has 3 aromatic rings. The molecule has 3 nitrogen and oxygen atoms in total. The minimum Gasteiger partial charge on any atom is -0.313 e. The van der Waals surface area contributed by atoms with Gasteiger partial charge in [0.05, 0.1) is 13.3 Å². The van der Waals surface area contributed by atoms with E-state index in [1.165, 1.54) is 5.56 Å². The molecule has 0 unspecified atom stereocenters. The first kappa shape index (κ1) is 16.8. The van der Waals surface area contributed by atoms with E-state index in [9.17, 15) is 0 Å². The van der Waals surface area contributed by atoms with Crippen molar-refractivity contribution in [1.82, 2.24) is 4.90 Å². The molecule has 130 valence electrons. The Morgan fingerprint density at radius 3 is 2.15 bits per heavy atom. The lowest BCUT2D eigenvalue weighted by Gasteiger charge is -2.36. The van der Waals surface area contributed by atoms with E-state index in [4.69, 9.17) is 16.6 Å². The van der Waals surface area contributed by atoms with Crippen LogP contribution in [0.5, 0.6) is 0 Å². The van der Waals surface area contributed by atoms with Crippen molar-refractivity contribution in [1.29, 1.82) is 0 Å². The van der Waals surface area contributed by atoms with Gasteiger partial charge in [0, 0.05) is 22.8 Å². The zero-order valence-corrected chi connectivity index (χ0v) is 15.2. The Hall–Kier alpha value is -2.62. The summed E-state index contributed by atoms with van der Waals surface area (Å²) in [6, 6.07) is 28.8. The molecule has 0 radical (unpaired) electrons. The van der Waals surface area contributed by atoms with Gasteiger partial charge in [-0.05, 0) is 29.8 Å². The summed E-state index contributed by atoms with van der Waals surface area (Å²) in [5.41, 5.74) is 3.51. The number of nitrogens with zero attached hydrogens (tertiary/aromatic N) is 3. The van der Waals surface area contributed by atoms with Crippen molar-refractivity contribution < 1.29 is 0 Å². The van der Waals surface area contributed by atoms with Crippen LogP contribution in [0.4, 0.5) is 5.69 Å². The lowest BCUT2D eigenvalue weighted by atomic mass is 10.1. The Morgan fingerprint density at radius 2 is 1.46 bits per heavy atom. The molecule has 4 heteroatoms. The number of amidine groups is 1. The van der Waals surface area contributed by atoms with Gasteiger partial charge in [-0.25, -0.2) is 0 Å². The Labute approximate surface area is 159 Å². The van der Waals surface area contributed by atoms with Crippen LogP contribution in [0.15, 0.2) is 89.9 Å². The molecule has 1 heterocycles. The van der Waals surface area contributed by atoms with E-state index in [0.29, 0.717) is 6.67 Å². The van der Waals surface area contributed by atoms with Crippen molar-refractivity contribution in [3.63, 3.8) is 0 Å². The van der Waals surface area contributed by atoms with Crippen LogP contribution in [-0.4, -0.2) is 24.1 Å². The summed E-state index contributed by atoms with van der Waals surface area (Å²) in [6.45, 7) is 2.34. The fourth-order valence-corrected chi connectivity index (χ4v) is 3.29. The normalized spacial score (nSPS) is 15.0. The molecular weight excluding hydrogens is 342 g/mol. The van der Waals surface area contributed by atoms with Crippen LogP contribution in [0.1, 0.15) is 11.1 Å². The Morgan fingerprint density at radius 1 is 0.808 bits per heavy atom. The third-order valence-corrected chi connectivity index (χ3v) is 4.69. The highest BCUT2D eigenvalue weighted by molar-refractivity contribution is 6.30. The van der Waals surface area contributed by atoms with Crippen LogP contribution in [-0.2, 0) is 6.54 Å². The van der Waals surface area contributed by atoms with Crippen molar-refractivity contribution in [2.24, 2.45) is 4.99 Å². The van der Waals surface area contributed by atoms with E-state index in [-0.39, 0.29) is 0 Å². The molecule has 0 saturated carbocycles. The van der Waals surface area contributed by atoms with Crippen molar-refractivity contribution >= 4 is 23.1 Å². The highest BCUT2D eigenvalue weighted by atomic mass is 35.5. The molecule has 0 spiro atoms. The van der Waals surface area contributed by atoms with Crippen molar-refractivity contribution in [3.8, 4) is 0 Å². The Kier molecular flexibility index (Phi) is 5.00. The highest BCUT2D eigenvalue weighted by Crippen LogP contribution is 2.24. The van der Waals surface area contributed by atoms with E-state index in [0.717, 1.165) is 35.3 Å². The third-order valence-electron chi connectivity index (χ3n) is 4.44. The highest BCUT2D eigenvalue weighted by Gasteiger charge is 2.23. The molecule has 3 aromatic carbocycles. The lowest BCUT2D eigenvalue weighted by Crippen LogP contribution is -2.46. The average molecular weight is 362 g/mol. The maximum atomic E-state index is 6.08. The number of hydrogen-bond acceptors (Lipinski definition) is 3. The number of halogens is 1. The molecular formula is C22H20ClN3. The van der Waals surface area contributed by atoms with Gasteiger partial charge in [-0.3, -0.25) is 9.89 Å². The van der Waals surface area contributed by atoms with Crippen LogP contribution in [0.25, 0.3) is 0 Å². The zero-order valence-electron chi connectivity index (χ0n) is 14.4. The fraction of sp³-hybridized carbons (Fsp3) is 0.136. The number of rotatable bonds is 4. The summed E-state index contributed by atoms with van der Waals surface area (Å²) in [5.74, 6) is 0.997. The molecule has 0 atom stereocenters. The van der Waals surface area contributed by atoms with Gasteiger partial charge < -0.3 is 4.90 Å². The van der Waals surface area contributed by atoms with E-state index < -0.39 is 0 Å². The van der Waals surface area contributed by atoms with Gasteiger partial charge in [0.25, 0.3) is 0 Å². The summed E-state index contributed by atoms with van der Waals surface area (Å²) in [6.07, 6.45) is 0. The molecule has 26 heavy (non-hydrogen) atoms. The first-order valence-electron chi connectivity index (χ1n) is 8.69. The second-order valence-corrected chi connectivity index (χ2v) is 6.79. The molecule has 0 fully saturated rings. The van der Waals surface area contributed by atoms with Gasteiger partial charge >= 0.3 is 0 Å². The topological polar surface area (TPSA) is 18.8 Å². The number of anilines is 1. The molecule has 0 aliphatic carbocycles. The van der Waals surface area contributed by atoms with E-state index >= 15 is 0 Å². The van der Waals surface area contributed by atoms with Crippen molar-refractivity contribution in [2.75, 3.05) is 18.2 Å². The summed E-state index contributed by atoms with van der Waals surface area (Å²) >= 11 is 6.08. The van der Waals surface area contributed by atoms with Gasteiger partial charge in [-0.2, -0.15) is 0 Å². The third kappa shape index (κ3) is 3.79. The average Bonchev–Trinajstić information content (AvgIpc) is 2.70. The van der Waals surface area contributed by atoms with E-state index in [2.05, 4.69) is 46.2 Å². The van der Waals surface area contributed by atoms with Crippen molar-refractivity contribution in [2.45, 2.75) is 6.54 Å². The molecule has 0 amide bonds. The van der Waals surface area contributed by atoms with E-state index in [1.54, 1.807) is 0 Å². The summed E-state index contributed by atoms with van der Waals surface area (Å²) in [7, 11) is 0. The van der Waals surface area contributed by atoms with E-state index in [1.807, 2.05) is 48.5 Å². The quantitative estimate of drug-likeness (QED) is 0.649. The largest absolute Gasteiger partial charge is 0.313 e. The number of aliphatic imine (C=N–C) groups is 1. The summed E-state index contributed by atoms with van der Waals surface area (Å²) < 4.78 is 0. The fourth-order valence-electron chi connectivity index (χ4n) is 3.16. The second-order valence-electron chi connectivity index (χ2n) is 6.35. The molecule has 0 saturated heterocycles. The molecule has 0 N–H and O–H groups in total. The summed E-state index contributed by atoms with van der Waals surface area (Å²) in [5, 5.41) is 0.741. The standard InChI is InChI=1S/C22H20ClN3/c23-20-11-13-21(14-12-20)26-17-25(15-18-7-3-1-4-8-18)16-24-22(26)19-9-5-2-6-10-19/h1-14H,15-17H2. The maximum absolute atomic E-state index is 6.08. The monoisotopic (exact) mass is 361 g/mol. The smallest absolute Gasteiger partial charge is 0.137 e.